The molecule has 0 aliphatic heterocycles. The molecule has 0 heterocycles. The number of hydrogen-bond donors (Lipinski definition) is 1. The molecule has 0 radical (unpaired) electrons. The predicted octanol–water partition coefficient (Wildman–Crippen LogP) is 3.47. The summed E-state index contributed by atoms with van der Waals surface area (Å²) in [5, 5.41) is 0.511. The van der Waals surface area contributed by atoms with Crippen molar-refractivity contribution in [1.29, 1.82) is 0 Å². The van der Waals surface area contributed by atoms with Gasteiger partial charge in [0.1, 0.15) is 23.9 Å². The van der Waals surface area contributed by atoms with Crippen LogP contribution in [0.5, 0.6) is 17.2 Å². The van der Waals surface area contributed by atoms with Gasteiger partial charge in [0, 0.05) is 12.6 Å². The molecule has 0 fully saturated rings. The Labute approximate surface area is 111 Å². The Kier molecular flexibility index (Phi) is 4.45. The molecule has 0 aliphatic carbocycles. The molecule has 18 heavy (non-hydrogen) atoms. The summed E-state index contributed by atoms with van der Waals surface area (Å²) >= 11 is 6.09. The third-order valence-electron chi connectivity index (χ3n) is 2.26. The Morgan fingerprint density at radius 2 is 1.78 bits per heavy atom. The van der Waals surface area contributed by atoms with Crippen molar-refractivity contribution >= 4 is 11.6 Å². The molecule has 0 bridgehead atoms. The molecule has 0 aliphatic rings. The van der Waals surface area contributed by atoms with Crippen LogP contribution < -0.4 is 15.2 Å². The second-order valence-electron chi connectivity index (χ2n) is 3.64. The summed E-state index contributed by atoms with van der Waals surface area (Å²) in [5.74, 6) is 2.05. The molecular formula is C14H14ClNO2. The van der Waals surface area contributed by atoms with Crippen LogP contribution in [0.1, 0.15) is 0 Å². The summed E-state index contributed by atoms with van der Waals surface area (Å²) in [7, 11) is 0. The van der Waals surface area contributed by atoms with Crippen LogP contribution >= 0.6 is 11.6 Å². The fourth-order valence-corrected chi connectivity index (χ4v) is 1.68. The highest BCUT2D eigenvalue weighted by Crippen LogP contribution is 2.31. The summed E-state index contributed by atoms with van der Waals surface area (Å²) in [6, 6.07) is 14.8. The number of para-hydroxylation sites is 1. The maximum absolute atomic E-state index is 6.09. The van der Waals surface area contributed by atoms with Crippen LogP contribution in [0, 0.1) is 0 Å². The number of hydrogen-bond acceptors (Lipinski definition) is 3. The van der Waals surface area contributed by atoms with E-state index in [1.54, 1.807) is 12.1 Å². The minimum absolute atomic E-state index is 0.443. The molecule has 0 saturated heterocycles. The van der Waals surface area contributed by atoms with E-state index in [9.17, 15) is 0 Å². The molecule has 2 N–H and O–H groups in total. The van der Waals surface area contributed by atoms with Crippen LogP contribution in [0.25, 0.3) is 0 Å². The first-order valence-corrected chi connectivity index (χ1v) is 6.02. The van der Waals surface area contributed by atoms with Crippen molar-refractivity contribution in [3.05, 3.63) is 53.6 Å². The number of nitrogens with two attached hydrogens (primary N) is 1. The standard InChI is InChI=1S/C14H14ClNO2/c15-13-10-12(6-7-14(13)17-9-8-16)18-11-4-2-1-3-5-11/h1-7,10H,8-9,16H2. The first-order chi connectivity index (χ1) is 8.79. The third kappa shape index (κ3) is 3.39. The summed E-state index contributed by atoms with van der Waals surface area (Å²) in [4.78, 5) is 0. The van der Waals surface area contributed by atoms with Gasteiger partial charge < -0.3 is 15.2 Å². The van der Waals surface area contributed by atoms with Crippen molar-refractivity contribution in [2.45, 2.75) is 0 Å². The Morgan fingerprint density at radius 3 is 2.44 bits per heavy atom. The molecule has 0 spiro atoms. The van der Waals surface area contributed by atoms with Crippen molar-refractivity contribution in [2.75, 3.05) is 13.2 Å². The molecule has 2 aromatic rings. The monoisotopic (exact) mass is 263 g/mol. The topological polar surface area (TPSA) is 44.5 Å². The molecule has 94 valence electrons. The summed E-state index contributed by atoms with van der Waals surface area (Å²) < 4.78 is 11.0. The maximum atomic E-state index is 6.09. The zero-order valence-electron chi connectivity index (χ0n) is 9.80. The Bertz CT molecular complexity index is 502. The molecule has 4 heteroatoms. The van der Waals surface area contributed by atoms with Crippen LogP contribution in [0.15, 0.2) is 48.5 Å². The average molecular weight is 264 g/mol. The van der Waals surface area contributed by atoms with Gasteiger partial charge in [-0.05, 0) is 24.3 Å². The van der Waals surface area contributed by atoms with Gasteiger partial charge in [-0.2, -0.15) is 0 Å². The van der Waals surface area contributed by atoms with Crippen molar-refractivity contribution in [3.63, 3.8) is 0 Å². The van der Waals surface area contributed by atoms with Crippen LogP contribution in [0.3, 0.4) is 0 Å². The lowest BCUT2D eigenvalue weighted by molar-refractivity contribution is 0.328. The number of ether oxygens (including phenoxy) is 2. The number of halogens is 1. The lowest BCUT2D eigenvalue weighted by Gasteiger charge is -2.09. The largest absolute Gasteiger partial charge is 0.491 e. The van der Waals surface area contributed by atoms with Gasteiger partial charge >= 0.3 is 0 Å². The quantitative estimate of drug-likeness (QED) is 0.898. The Hall–Kier alpha value is -1.71. The lowest BCUT2D eigenvalue weighted by Crippen LogP contribution is -2.10. The fourth-order valence-electron chi connectivity index (χ4n) is 1.46. The first kappa shape index (κ1) is 12.7. The molecule has 2 aromatic carbocycles. The second kappa shape index (κ2) is 6.28. The van der Waals surface area contributed by atoms with E-state index in [-0.39, 0.29) is 0 Å². The van der Waals surface area contributed by atoms with Gasteiger partial charge in [-0.1, -0.05) is 29.8 Å². The van der Waals surface area contributed by atoms with Gasteiger partial charge in [-0.25, -0.2) is 0 Å². The highest BCUT2D eigenvalue weighted by molar-refractivity contribution is 6.32. The van der Waals surface area contributed by atoms with E-state index in [4.69, 9.17) is 26.8 Å². The predicted molar refractivity (Wildman–Crippen MR) is 72.5 cm³/mol. The normalized spacial score (nSPS) is 10.1. The molecule has 0 aromatic heterocycles. The van der Waals surface area contributed by atoms with Crippen LogP contribution in [0.4, 0.5) is 0 Å². The molecule has 0 amide bonds. The summed E-state index contributed by atoms with van der Waals surface area (Å²) in [6.45, 7) is 0.900. The zero-order valence-corrected chi connectivity index (χ0v) is 10.6. The van der Waals surface area contributed by atoms with Gasteiger partial charge in [0.05, 0.1) is 5.02 Å². The molecule has 0 saturated carbocycles. The minimum Gasteiger partial charge on any atom is -0.491 e. The SMILES string of the molecule is NCCOc1ccc(Oc2ccccc2)cc1Cl. The number of rotatable bonds is 5. The second-order valence-corrected chi connectivity index (χ2v) is 4.05. The van der Waals surface area contributed by atoms with Crippen molar-refractivity contribution < 1.29 is 9.47 Å². The van der Waals surface area contributed by atoms with E-state index < -0.39 is 0 Å². The van der Waals surface area contributed by atoms with Gasteiger partial charge in [-0.3, -0.25) is 0 Å². The zero-order chi connectivity index (χ0) is 12.8. The highest BCUT2D eigenvalue weighted by atomic mass is 35.5. The van der Waals surface area contributed by atoms with Crippen LogP contribution in [-0.2, 0) is 0 Å². The van der Waals surface area contributed by atoms with Gasteiger partial charge in [0.15, 0.2) is 0 Å². The molecule has 0 atom stereocenters. The smallest absolute Gasteiger partial charge is 0.138 e. The van der Waals surface area contributed by atoms with E-state index in [1.807, 2.05) is 36.4 Å². The first-order valence-electron chi connectivity index (χ1n) is 5.65. The summed E-state index contributed by atoms with van der Waals surface area (Å²) in [5.41, 5.74) is 5.37. The van der Waals surface area contributed by atoms with Gasteiger partial charge in [0.2, 0.25) is 0 Å². The average Bonchev–Trinajstić information content (AvgIpc) is 2.39. The molecule has 2 rings (SSSR count). The van der Waals surface area contributed by atoms with E-state index in [0.717, 1.165) is 5.75 Å². The molecule has 3 nitrogen and oxygen atoms in total. The van der Waals surface area contributed by atoms with Crippen molar-refractivity contribution in [2.24, 2.45) is 5.73 Å². The third-order valence-corrected chi connectivity index (χ3v) is 2.55. The van der Waals surface area contributed by atoms with Gasteiger partial charge in [-0.15, -0.1) is 0 Å². The maximum Gasteiger partial charge on any atom is 0.138 e. The van der Waals surface area contributed by atoms with E-state index in [0.29, 0.717) is 29.7 Å². The van der Waals surface area contributed by atoms with Crippen molar-refractivity contribution in [1.82, 2.24) is 0 Å². The van der Waals surface area contributed by atoms with Crippen LogP contribution in [-0.4, -0.2) is 13.2 Å². The van der Waals surface area contributed by atoms with E-state index in [2.05, 4.69) is 0 Å². The lowest BCUT2D eigenvalue weighted by atomic mass is 10.3. The van der Waals surface area contributed by atoms with E-state index in [1.165, 1.54) is 0 Å². The Morgan fingerprint density at radius 1 is 1.00 bits per heavy atom. The van der Waals surface area contributed by atoms with E-state index >= 15 is 0 Å². The van der Waals surface area contributed by atoms with Crippen LogP contribution in [0.2, 0.25) is 5.02 Å². The minimum atomic E-state index is 0.443. The summed E-state index contributed by atoms with van der Waals surface area (Å²) in [6.07, 6.45) is 0. The fraction of sp³-hybridized carbons (Fsp3) is 0.143. The Balaban J connectivity index is 2.09. The number of benzene rings is 2. The highest BCUT2D eigenvalue weighted by Gasteiger charge is 2.04. The van der Waals surface area contributed by atoms with Gasteiger partial charge in [0.25, 0.3) is 0 Å². The molecular weight excluding hydrogens is 250 g/mol. The van der Waals surface area contributed by atoms with Crippen molar-refractivity contribution in [3.8, 4) is 17.2 Å². The molecule has 0 unspecified atom stereocenters.